The maximum atomic E-state index is 9.10. The number of fused-ring (bicyclic) bond motifs is 2. The predicted octanol–water partition coefficient (Wildman–Crippen LogP) is 2.90. The maximum Gasteiger partial charge on any atom is 0.147 e. The molecule has 1 aromatic heterocycles. The minimum atomic E-state index is 0.236. The summed E-state index contributed by atoms with van der Waals surface area (Å²) in [7, 11) is 0. The molecule has 0 spiro atoms. The molecule has 3 heterocycles. The van der Waals surface area contributed by atoms with Crippen LogP contribution in [0.4, 0.5) is 5.69 Å². The number of thiophene rings is 1. The molecule has 2 aliphatic rings. The lowest BCUT2D eigenvalue weighted by atomic mass is 10.2. The molecule has 1 aromatic carbocycles. The molecule has 120 valence electrons. The molecule has 23 heavy (non-hydrogen) atoms. The van der Waals surface area contributed by atoms with Gasteiger partial charge in [-0.1, -0.05) is 23.9 Å². The van der Waals surface area contributed by atoms with Crippen LogP contribution in [0.15, 0.2) is 50.5 Å². The van der Waals surface area contributed by atoms with Crippen LogP contribution in [0, 0.1) is 0 Å². The Labute approximate surface area is 144 Å². The number of aliphatic imine (C=N–C) groups is 1. The normalized spacial score (nSPS) is 18.1. The molecule has 0 bridgehead atoms. The summed E-state index contributed by atoms with van der Waals surface area (Å²) in [6, 6.07) is 10.6. The molecule has 0 amide bonds. The van der Waals surface area contributed by atoms with E-state index in [-0.39, 0.29) is 6.61 Å². The third-order valence-electron chi connectivity index (χ3n) is 4.23. The number of nitrogens with zero attached hydrogens (tertiary/aromatic N) is 3. The summed E-state index contributed by atoms with van der Waals surface area (Å²) < 4.78 is 0. The Kier molecular flexibility index (Phi) is 4.39. The number of β-amino-alcohol motifs (C(OH)–C–C–N with tert-alkyl or cyclic N) is 1. The molecular weight excluding hydrogens is 326 g/mol. The van der Waals surface area contributed by atoms with Gasteiger partial charge < -0.3 is 10.0 Å². The molecule has 6 heteroatoms. The number of hydrogen-bond donors (Lipinski definition) is 1. The average molecular weight is 345 g/mol. The molecule has 0 saturated carbocycles. The van der Waals surface area contributed by atoms with E-state index in [4.69, 9.17) is 10.1 Å². The van der Waals surface area contributed by atoms with E-state index in [1.165, 1.54) is 14.7 Å². The summed E-state index contributed by atoms with van der Waals surface area (Å²) in [5, 5.41) is 11.3. The molecule has 4 rings (SSSR count). The lowest BCUT2D eigenvalue weighted by Crippen LogP contribution is -2.49. The zero-order chi connectivity index (χ0) is 15.6. The van der Waals surface area contributed by atoms with Crippen LogP contribution in [0.2, 0.25) is 0 Å². The largest absolute Gasteiger partial charge is 0.395 e. The van der Waals surface area contributed by atoms with E-state index >= 15 is 0 Å². The van der Waals surface area contributed by atoms with Crippen LogP contribution >= 0.6 is 23.1 Å². The van der Waals surface area contributed by atoms with Crippen LogP contribution in [0.25, 0.3) is 0 Å². The first-order chi connectivity index (χ1) is 11.3. The Morgan fingerprint density at radius 3 is 2.70 bits per heavy atom. The van der Waals surface area contributed by atoms with Crippen LogP contribution in [-0.2, 0) is 0 Å². The smallest absolute Gasteiger partial charge is 0.147 e. The van der Waals surface area contributed by atoms with Crippen molar-refractivity contribution in [2.24, 2.45) is 4.99 Å². The highest BCUT2D eigenvalue weighted by Crippen LogP contribution is 2.42. The number of hydrogen-bond acceptors (Lipinski definition) is 6. The predicted molar refractivity (Wildman–Crippen MR) is 96.2 cm³/mol. The van der Waals surface area contributed by atoms with E-state index in [0.29, 0.717) is 0 Å². The Hall–Kier alpha value is -1.34. The second kappa shape index (κ2) is 6.65. The number of rotatable bonds is 2. The Balaban J connectivity index is 1.66. The maximum absolute atomic E-state index is 9.10. The van der Waals surface area contributed by atoms with Crippen molar-refractivity contribution in [3.8, 4) is 0 Å². The Morgan fingerprint density at radius 1 is 1.04 bits per heavy atom. The van der Waals surface area contributed by atoms with Crippen molar-refractivity contribution in [1.82, 2.24) is 9.80 Å². The van der Waals surface area contributed by atoms with Crippen molar-refractivity contribution in [2.45, 2.75) is 9.79 Å². The second-order valence-corrected chi connectivity index (χ2v) is 7.67. The van der Waals surface area contributed by atoms with Gasteiger partial charge in [-0.15, -0.1) is 11.3 Å². The number of para-hydroxylation sites is 1. The molecule has 2 aliphatic heterocycles. The average Bonchev–Trinajstić information content (AvgIpc) is 2.97. The van der Waals surface area contributed by atoms with Gasteiger partial charge >= 0.3 is 0 Å². The van der Waals surface area contributed by atoms with Crippen LogP contribution in [0.1, 0.15) is 4.88 Å². The molecule has 1 fully saturated rings. The van der Waals surface area contributed by atoms with Gasteiger partial charge in [0.2, 0.25) is 0 Å². The van der Waals surface area contributed by atoms with Crippen molar-refractivity contribution < 1.29 is 5.11 Å². The van der Waals surface area contributed by atoms with Crippen molar-refractivity contribution in [3.05, 3.63) is 40.6 Å². The molecule has 0 atom stereocenters. The van der Waals surface area contributed by atoms with E-state index in [1.54, 1.807) is 11.3 Å². The zero-order valence-corrected chi connectivity index (χ0v) is 14.4. The highest BCUT2D eigenvalue weighted by atomic mass is 32.2. The summed E-state index contributed by atoms with van der Waals surface area (Å²) >= 11 is 3.59. The molecular formula is C17H19N3OS2. The molecule has 0 unspecified atom stereocenters. The summed E-state index contributed by atoms with van der Waals surface area (Å²) in [5.74, 6) is 1.11. The lowest BCUT2D eigenvalue weighted by Gasteiger charge is -2.36. The first-order valence-electron chi connectivity index (χ1n) is 7.87. The first kappa shape index (κ1) is 15.2. The molecule has 4 nitrogen and oxygen atoms in total. The topological polar surface area (TPSA) is 39.1 Å². The van der Waals surface area contributed by atoms with E-state index in [2.05, 4.69) is 45.5 Å². The van der Waals surface area contributed by atoms with Crippen molar-refractivity contribution >= 4 is 34.6 Å². The van der Waals surface area contributed by atoms with Crippen molar-refractivity contribution in [2.75, 3.05) is 39.3 Å². The molecule has 0 aliphatic carbocycles. The summed E-state index contributed by atoms with van der Waals surface area (Å²) in [4.78, 5) is 13.5. The fraction of sp³-hybridized carbons (Fsp3) is 0.353. The quantitative estimate of drug-likeness (QED) is 0.908. The lowest BCUT2D eigenvalue weighted by molar-refractivity contribution is 0.147. The Bertz CT molecular complexity index is 720. The van der Waals surface area contributed by atoms with Gasteiger partial charge in [-0.25, -0.2) is 4.99 Å². The van der Waals surface area contributed by atoms with E-state index in [9.17, 15) is 0 Å². The SMILES string of the molecule is OCCN1CCN(C2=Nc3ccccc3Sc3ccsc32)CC1. The number of aliphatic hydroxyl groups is 1. The van der Waals surface area contributed by atoms with E-state index in [1.807, 2.05) is 11.8 Å². The van der Waals surface area contributed by atoms with Crippen molar-refractivity contribution in [3.63, 3.8) is 0 Å². The standard InChI is InChI=1S/C17H19N3OS2/c21-11-10-19-6-8-20(9-7-19)17-16-15(5-12-22-16)23-14-4-2-1-3-13(14)18-17/h1-5,12,21H,6-11H2. The fourth-order valence-corrected chi connectivity index (χ4v) is 5.08. The third kappa shape index (κ3) is 3.04. The first-order valence-corrected chi connectivity index (χ1v) is 9.56. The molecule has 2 aromatic rings. The van der Waals surface area contributed by atoms with Gasteiger partial charge in [0.25, 0.3) is 0 Å². The van der Waals surface area contributed by atoms with Gasteiger partial charge in [0.1, 0.15) is 5.84 Å². The Morgan fingerprint density at radius 2 is 1.87 bits per heavy atom. The summed E-state index contributed by atoms with van der Waals surface area (Å²) in [6.07, 6.45) is 0. The fourth-order valence-electron chi connectivity index (χ4n) is 3.00. The number of amidine groups is 1. The highest BCUT2D eigenvalue weighted by Gasteiger charge is 2.25. The number of aliphatic hydroxyl groups excluding tert-OH is 1. The third-order valence-corrected chi connectivity index (χ3v) is 6.40. The van der Waals surface area contributed by atoms with Crippen molar-refractivity contribution in [1.29, 1.82) is 0 Å². The minimum absolute atomic E-state index is 0.236. The van der Waals surface area contributed by atoms with Crippen LogP contribution < -0.4 is 0 Å². The van der Waals surface area contributed by atoms with Gasteiger partial charge in [0.05, 0.1) is 17.2 Å². The van der Waals surface area contributed by atoms with Crippen LogP contribution in [-0.4, -0.2) is 60.1 Å². The van der Waals surface area contributed by atoms with Crippen LogP contribution in [0.3, 0.4) is 0 Å². The molecule has 0 radical (unpaired) electrons. The number of benzene rings is 1. The van der Waals surface area contributed by atoms with Gasteiger partial charge in [0, 0.05) is 42.5 Å². The van der Waals surface area contributed by atoms with E-state index < -0.39 is 0 Å². The number of piperazine rings is 1. The van der Waals surface area contributed by atoms with Gasteiger partial charge in [0.15, 0.2) is 0 Å². The zero-order valence-electron chi connectivity index (χ0n) is 12.8. The summed E-state index contributed by atoms with van der Waals surface area (Å²) in [6.45, 7) is 4.89. The second-order valence-electron chi connectivity index (χ2n) is 5.67. The summed E-state index contributed by atoms with van der Waals surface area (Å²) in [5.41, 5.74) is 1.06. The van der Waals surface area contributed by atoms with Crippen LogP contribution in [0.5, 0.6) is 0 Å². The van der Waals surface area contributed by atoms with Gasteiger partial charge in [-0.05, 0) is 23.6 Å². The van der Waals surface area contributed by atoms with Gasteiger partial charge in [-0.2, -0.15) is 0 Å². The molecule has 1 saturated heterocycles. The highest BCUT2D eigenvalue weighted by molar-refractivity contribution is 7.99. The van der Waals surface area contributed by atoms with Gasteiger partial charge in [-0.3, -0.25) is 4.90 Å². The monoisotopic (exact) mass is 345 g/mol. The van der Waals surface area contributed by atoms with E-state index in [0.717, 1.165) is 44.2 Å². The minimum Gasteiger partial charge on any atom is -0.395 e. The molecule has 1 N–H and O–H groups in total.